The summed E-state index contributed by atoms with van der Waals surface area (Å²) in [7, 11) is 0. The summed E-state index contributed by atoms with van der Waals surface area (Å²) in [5, 5.41) is 2.73. The molecule has 4 nitrogen and oxygen atoms in total. The fourth-order valence-electron chi connectivity index (χ4n) is 2.44. The highest BCUT2D eigenvalue weighted by molar-refractivity contribution is 6.27. The number of likely N-dealkylation sites (tertiary alicyclic amines) is 1. The molecule has 20 heavy (non-hydrogen) atoms. The van der Waals surface area contributed by atoms with Gasteiger partial charge in [-0.3, -0.25) is 9.59 Å². The van der Waals surface area contributed by atoms with Gasteiger partial charge in [0.2, 0.25) is 11.8 Å². The molecule has 1 aromatic rings. The van der Waals surface area contributed by atoms with Crippen LogP contribution in [0, 0.1) is 0 Å². The number of alkyl halides is 1. The minimum atomic E-state index is -0.526. The lowest BCUT2D eigenvalue weighted by molar-refractivity contribution is -0.135. The van der Waals surface area contributed by atoms with Gasteiger partial charge >= 0.3 is 0 Å². The average molecular weight is 295 g/mol. The molecular weight excluding hydrogens is 276 g/mol. The third-order valence-electron chi connectivity index (χ3n) is 3.46. The van der Waals surface area contributed by atoms with Gasteiger partial charge in [-0.05, 0) is 18.4 Å². The molecule has 0 bridgehead atoms. The minimum absolute atomic E-state index is 0.00943. The monoisotopic (exact) mass is 294 g/mol. The van der Waals surface area contributed by atoms with E-state index in [4.69, 9.17) is 11.6 Å². The molecule has 1 aliphatic rings. The molecule has 1 aliphatic heterocycles. The SMILES string of the molecule is O=C(CCl)NC(Cc1ccccc1)C(=O)N1CCCC1. The van der Waals surface area contributed by atoms with Crippen LogP contribution in [0.5, 0.6) is 0 Å². The molecule has 5 heteroatoms. The average Bonchev–Trinajstić information content (AvgIpc) is 3.01. The number of amides is 2. The lowest BCUT2D eigenvalue weighted by Crippen LogP contribution is -2.49. The van der Waals surface area contributed by atoms with E-state index in [0.29, 0.717) is 6.42 Å². The predicted octanol–water partition coefficient (Wildman–Crippen LogP) is 1.58. The maximum atomic E-state index is 12.5. The summed E-state index contributed by atoms with van der Waals surface area (Å²) in [5.41, 5.74) is 1.03. The molecule has 2 amide bonds. The van der Waals surface area contributed by atoms with E-state index in [0.717, 1.165) is 31.5 Å². The topological polar surface area (TPSA) is 49.4 Å². The Morgan fingerprint density at radius 3 is 2.45 bits per heavy atom. The number of halogens is 1. The third-order valence-corrected chi connectivity index (χ3v) is 3.70. The molecular formula is C15H19ClN2O2. The molecule has 1 aromatic carbocycles. The van der Waals surface area contributed by atoms with Crippen LogP contribution in [-0.2, 0) is 16.0 Å². The zero-order valence-electron chi connectivity index (χ0n) is 11.3. The maximum Gasteiger partial charge on any atom is 0.245 e. The van der Waals surface area contributed by atoms with Crippen molar-refractivity contribution >= 4 is 23.4 Å². The first-order valence-corrected chi connectivity index (χ1v) is 7.42. The van der Waals surface area contributed by atoms with Crippen LogP contribution in [-0.4, -0.2) is 41.7 Å². The lowest BCUT2D eigenvalue weighted by atomic mass is 10.0. The molecule has 0 aliphatic carbocycles. The summed E-state index contributed by atoms with van der Waals surface area (Å²) >= 11 is 5.53. The van der Waals surface area contributed by atoms with Crippen molar-refractivity contribution in [1.29, 1.82) is 0 Å². The first kappa shape index (κ1) is 14.9. The molecule has 1 fully saturated rings. The second-order valence-electron chi connectivity index (χ2n) is 4.98. The van der Waals surface area contributed by atoms with Gasteiger partial charge in [0.25, 0.3) is 0 Å². The summed E-state index contributed by atoms with van der Waals surface area (Å²) < 4.78 is 0. The minimum Gasteiger partial charge on any atom is -0.343 e. The van der Waals surface area contributed by atoms with Crippen molar-refractivity contribution in [2.45, 2.75) is 25.3 Å². The van der Waals surface area contributed by atoms with Crippen molar-refractivity contribution in [3.8, 4) is 0 Å². The summed E-state index contributed by atoms with van der Waals surface area (Å²) in [5.74, 6) is -0.441. The molecule has 0 radical (unpaired) electrons. The first-order valence-electron chi connectivity index (χ1n) is 6.88. The smallest absolute Gasteiger partial charge is 0.245 e. The van der Waals surface area contributed by atoms with Crippen LogP contribution in [0.4, 0.5) is 0 Å². The van der Waals surface area contributed by atoms with Crippen LogP contribution in [0.15, 0.2) is 30.3 Å². The third kappa shape index (κ3) is 3.97. The molecule has 2 rings (SSSR count). The van der Waals surface area contributed by atoms with Crippen LogP contribution >= 0.6 is 11.6 Å². The van der Waals surface area contributed by atoms with Gasteiger partial charge in [-0.2, -0.15) is 0 Å². The molecule has 1 atom stereocenters. The normalized spacial score (nSPS) is 15.9. The molecule has 108 valence electrons. The summed E-state index contributed by atoms with van der Waals surface area (Å²) in [6.07, 6.45) is 2.57. The lowest BCUT2D eigenvalue weighted by Gasteiger charge is -2.24. The van der Waals surface area contributed by atoms with Gasteiger partial charge in [0.1, 0.15) is 11.9 Å². The Kier molecular flexibility index (Phi) is 5.41. The van der Waals surface area contributed by atoms with E-state index in [9.17, 15) is 9.59 Å². The number of benzene rings is 1. The second-order valence-corrected chi connectivity index (χ2v) is 5.24. The van der Waals surface area contributed by atoms with E-state index < -0.39 is 6.04 Å². The van der Waals surface area contributed by atoms with Crippen molar-refractivity contribution < 1.29 is 9.59 Å². The molecule has 1 saturated heterocycles. The fourth-order valence-corrected chi connectivity index (χ4v) is 2.52. The van der Waals surface area contributed by atoms with E-state index >= 15 is 0 Å². The number of carbonyl (C=O) groups excluding carboxylic acids is 2. The van der Waals surface area contributed by atoms with E-state index in [-0.39, 0.29) is 17.7 Å². The molecule has 1 unspecified atom stereocenters. The predicted molar refractivity (Wildman–Crippen MR) is 78.6 cm³/mol. The van der Waals surface area contributed by atoms with Crippen LogP contribution in [0.1, 0.15) is 18.4 Å². The molecule has 0 aromatic heterocycles. The van der Waals surface area contributed by atoms with Crippen molar-refractivity contribution in [2.75, 3.05) is 19.0 Å². The van der Waals surface area contributed by atoms with Crippen molar-refractivity contribution in [2.24, 2.45) is 0 Å². The van der Waals surface area contributed by atoms with Gasteiger partial charge in [-0.15, -0.1) is 11.6 Å². The molecule has 0 saturated carbocycles. The Bertz CT molecular complexity index is 458. The fraction of sp³-hybridized carbons (Fsp3) is 0.467. The van der Waals surface area contributed by atoms with E-state index in [1.165, 1.54) is 0 Å². The van der Waals surface area contributed by atoms with Gasteiger partial charge in [0.15, 0.2) is 0 Å². The van der Waals surface area contributed by atoms with Gasteiger partial charge in [-0.1, -0.05) is 30.3 Å². The molecule has 1 N–H and O–H groups in total. The Morgan fingerprint density at radius 2 is 1.85 bits per heavy atom. The van der Waals surface area contributed by atoms with E-state index in [2.05, 4.69) is 5.32 Å². The van der Waals surface area contributed by atoms with Crippen molar-refractivity contribution in [3.63, 3.8) is 0 Å². The highest BCUT2D eigenvalue weighted by Crippen LogP contribution is 2.12. The number of hydrogen-bond acceptors (Lipinski definition) is 2. The van der Waals surface area contributed by atoms with E-state index in [1.54, 1.807) is 0 Å². The number of nitrogens with one attached hydrogen (secondary N) is 1. The number of rotatable bonds is 5. The number of carbonyl (C=O) groups is 2. The summed E-state index contributed by atoms with van der Waals surface area (Å²) in [4.78, 5) is 25.8. The second kappa shape index (κ2) is 7.29. The van der Waals surface area contributed by atoms with Crippen molar-refractivity contribution in [3.05, 3.63) is 35.9 Å². The Labute approximate surface area is 124 Å². The largest absolute Gasteiger partial charge is 0.343 e. The van der Waals surface area contributed by atoms with Crippen LogP contribution in [0.2, 0.25) is 0 Å². The molecule has 0 spiro atoms. The highest BCUT2D eigenvalue weighted by atomic mass is 35.5. The summed E-state index contributed by atoms with van der Waals surface area (Å²) in [6.45, 7) is 1.56. The number of nitrogens with zero attached hydrogens (tertiary/aromatic N) is 1. The first-order chi connectivity index (χ1) is 9.70. The van der Waals surface area contributed by atoms with Crippen LogP contribution in [0.25, 0.3) is 0 Å². The highest BCUT2D eigenvalue weighted by Gasteiger charge is 2.27. The quantitative estimate of drug-likeness (QED) is 0.838. The van der Waals surface area contributed by atoms with Gasteiger partial charge < -0.3 is 10.2 Å². The van der Waals surface area contributed by atoms with Crippen LogP contribution in [0.3, 0.4) is 0 Å². The number of hydrogen-bond donors (Lipinski definition) is 1. The van der Waals surface area contributed by atoms with Gasteiger partial charge in [-0.25, -0.2) is 0 Å². The zero-order valence-corrected chi connectivity index (χ0v) is 12.1. The Morgan fingerprint density at radius 1 is 1.20 bits per heavy atom. The van der Waals surface area contributed by atoms with Gasteiger partial charge in [0.05, 0.1) is 0 Å². The Balaban J connectivity index is 2.07. The molecule has 1 heterocycles. The maximum absolute atomic E-state index is 12.5. The van der Waals surface area contributed by atoms with Crippen LogP contribution < -0.4 is 5.32 Å². The summed E-state index contributed by atoms with van der Waals surface area (Å²) in [6, 6.07) is 9.17. The van der Waals surface area contributed by atoms with E-state index in [1.807, 2.05) is 35.2 Å². The van der Waals surface area contributed by atoms with Crippen molar-refractivity contribution in [1.82, 2.24) is 10.2 Å². The Hall–Kier alpha value is -1.55. The standard InChI is InChI=1S/C15H19ClN2O2/c16-11-14(19)17-13(10-12-6-2-1-3-7-12)15(20)18-8-4-5-9-18/h1-3,6-7,13H,4-5,8-11H2,(H,17,19). The van der Waals surface area contributed by atoms with Gasteiger partial charge in [0, 0.05) is 19.5 Å². The zero-order chi connectivity index (χ0) is 14.4.